The maximum Gasteiger partial charge on any atom is 0.150 e. The second kappa shape index (κ2) is 11.5. The molecule has 1 aromatic rings. The van der Waals surface area contributed by atoms with Gasteiger partial charge in [-0.2, -0.15) is 0 Å². The van der Waals surface area contributed by atoms with Crippen molar-refractivity contribution < 1.29 is 4.79 Å². The van der Waals surface area contributed by atoms with Crippen LogP contribution in [0.2, 0.25) is 0 Å². The topological polar surface area (TPSA) is 23.6 Å². The SMILES string of the molecule is CCC.CN(C)c1ccc(C=O)cc1.CN1CCCC1. The molecule has 1 aliphatic rings. The van der Waals surface area contributed by atoms with E-state index in [9.17, 15) is 4.79 Å². The van der Waals surface area contributed by atoms with E-state index in [0.29, 0.717) is 0 Å². The van der Waals surface area contributed by atoms with Gasteiger partial charge in [0.05, 0.1) is 0 Å². The molecule has 0 amide bonds. The van der Waals surface area contributed by atoms with Crippen LogP contribution in [0.5, 0.6) is 0 Å². The van der Waals surface area contributed by atoms with E-state index in [0.717, 1.165) is 17.5 Å². The number of carbonyl (C=O) groups excluding carboxylic acids is 1. The number of hydrogen-bond donors (Lipinski definition) is 0. The summed E-state index contributed by atoms with van der Waals surface area (Å²) in [5, 5.41) is 0. The number of nitrogens with zero attached hydrogens (tertiary/aromatic N) is 2. The van der Waals surface area contributed by atoms with Gasteiger partial charge >= 0.3 is 0 Å². The van der Waals surface area contributed by atoms with Crippen LogP contribution in [0.1, 0.15) is 43.5 Å². The van der Waals surface area contributed by atoms with Crippen molar-refractivity contribution in [2.24, 2.45) is 0 Å². The minimum atomic E-state index is 0.718. The van der Waals surface area contributed by atoms with Gasteiger partial charge in [0.2, 0.25) is 0 Å². The fraction of sp³-hybridized carbons (Fsp3) is 0.588. The van der Waals surface area contributed by atoms with Gasteiger partial charge in [-0.05, 0) is 57.2 Å². The summed E-state index contributed by atoms with van der Waals surface area (Å²) in [7, 11) is 6.11. The number of aldehydes is 1. The van der Waals surface area contributed by atoms with Gasteiger partial charge in [-0.1, -0.05) is 20.3 Å². The molecule has 3 heteroatoms. The van der Waals surface area contributed by atoms with Crippen LogP contribution in [-0.2, 0) is 0 Å². The van der Waals surface area contributed by atoms with Gasteiger partial charge in [0.15, 0.2) is 0 Å². The molecule has 1 saturated heterocycles. The third-order valence-corrected chi connectivity index (χ3v) is 2.88. The lowest BCUT2D eigenvalue weighted by Crippen LogP contribution is -2.10. The van der Waals surface area contributed by atoms with Crippen molar-refractivity contribution in [2.75, 3.05) is 39.1 Å². The number of anilines is 1. The highest BCUT2D eigenvalue weighted by atomic mass is 16.1. The largest absolute Gasteiger partial charge is 0.378 e. The first-order valence-electron chi connectivity index (χ1n) is 7.46. The molecule has 114 valence electrons. The van der Waals surface area contributed by atoms with Crippen LogP contribution < -0.4 is 4.90 Å². The Morgan fingerprint density at radius 2 is 1.55 bits per heavy atom. The Hall–Kier alpha value is -1.35. The van der Waals surface area contributed by atoms with E-state index in [1.165, 1.54) is 32.4 Å². The molecule has 0 radical (unpaired) electrons. The normalized spacial score (nSPS) is 13.7. The molecule has 0 aromatic heterocycles. The Kier molecular flexibility index (Phi) is 10.7. The third-order valence-electron chi connectivity index (χ3n) is 2.88. The van der Waals surface area contributed by atoms with E-state index in [1.54, 1.807) is 0 Å². The van der Waals surface area contributed by atoms with Crippen molar-refractivity contribution in [3.8, 4) is 0 Å². The Labute approximate surface area is 124 Å². The zero-order valence-electron chi connectivity index (χ0n) is 13.7. The van der Waals surface area contributed by atoms with Crippen LogP contribution in [0.3, 0.4) is 0 Å². The summed E-state index contributed by atoms with van der Waals surface area (Å²) in [6, 6.07) is 7.46. The first-order valence-corrected chi connectivity index (χ1v) is 7.46. The summed E-state index contributed by atoms with van der Waals surface area (Å²) in [4.78, 5) is 14.6. The molecule has 20 heavy (non-hydrogen) atoms. The number of rotatable bonds is 2. The van der Waals surface area contributed by atoms with Crippen molar-refractivity contribution in [3.63, 3.8) is 0 Å². The highest BCUT2D eigenvalue weighted by Crippen LogP contribution is 2.10. The van der Waals surface area contributed by atoms with E-state index in [-0.39, 0.29) is 0 Å². The van der Waals surface area contributed by atoms with Crippen LogP contribution in [-0.4, -0.2) is 45.4 Å². The summed E-state index contributed by atoms with van der Waals surface area (Å²) in [5.41, 5.74) is 1.83. The maximum atomic E-state index is 10.3. The molecule has 0 bridgehead atoms. The molecule has 1 heterocycles. The van der Waals surface area contributed by atoms with Crippen molar-refractivity contribution >= 4 is 12.0 Å². The Morgan fingerprint density at radius 3 is 1.80 bits per heavy atom. The quantitative estimate of drug-likeness (QED) is 0.771. The minimum Gasteiger partial charge on any atom is -0.378 e. The van der Waals surface area contributed by atoms with Crippen LogP contribution in [0.25, 0.3) is 0 Å². The molecule has 0 unspecified atom stereocenters. The van der Waals surface area contributed by atoms with Gasteiger partial charge in [-0.15, -0.1) is 0 Å². The highest BCUT2D eigenvalue weighted by molar-refractivity contribution is 5.75. The smallest absolute Gasteiger partial charge is 0.150 e. The highest BCUT2D eigenvalue weighted by Gasteiger charge is 2.03. The number of likely N-dealkylation sites (tertiary alicyclic amines) is 1. The lowest BCUT2D eigenvalue weighted by molar-refractivity contribution is 0.112. The summed E-state index contributed by atoms with van der Waals surface area (Å²) < 4.78 is 0. The summed E-state index contributed by atoms with van der Waals surface area (Å²) in [6.45, 7) is 6.89. The Balaban J connectivity index is 0.000000336. The fourth-order valence-corrected chi connectivity index (χ4v) is 1.73. The lowest BCUT2D eigenvalue weighted by atomic mass is 10.2. The molecule has 0 saturated carbocycles. The van der Waals surface area contributed by atoms with Gasteiger partial charge in [-0.3, -0.25) is 4.79 Å². The Bertz CT molecular complexity index is 341. The average molecular weight is 278 g/mol. The van der Waals surface area contributed by atoms with E-state index in [2.05, 4.69) is 25.8 Å². The van der Waals surface area contributed by atoms with Crippen molar-refractivity contribution in [1.82, 2.24) is 4.90 Å². The Morgan fingerprint density at radius 1 is 1.10 bits per heavy atom. The fourth-order valence-electron chi connectivity index (χ4n) is 1.73. The number of hydrogen-bond acceptors (Lipinski definition) is 3. The molecule has 1 fully saturated rings. The van der Waals surface area contributed by atoms with Crippen molar-refractivity contribution in [2.45, 2.75) is 33.1 Å². The summed E-state index contributed by atoms with van der Waals surface area (Å²) in [5.74, 6) is 0. The van der Waals surface area contributed by atoms with E-state index >= 15 is 0 Å². The molecule has 2 rings (SSSR count). The summed E-state index contributed by atoms with van der Waals surface area (Å²) >= 11 is 0. The number of carbonyl (C=O) groups is 1. The summed E-state index contributed by atoms with van der Waals surface area (Å²) in [6.07, 6.45) is 4.92. The van der Waals surface area contributed by atoms with Crippen LogP contribution in [0.4, 0.5) is 5.69 Å². The molecule has 0 aliphatic carbocycles. The van der Waals surface area contributed by atoms with Gasteiger partial charge < -0.3 is 9.80 Å². The number of benzene rings is 1. The average Bonchev–Trinajstić information content (AvgIpc) is 2.91. The molecule has 0 N–H and O–H groups in total. The standard InChI is InChI=1S/C9H11NO.C5H11N.C3H8/c1-10(2)9-5-3-8(7-11)4-6-9;1-6-4-2-3-5-6;1-3-2/h3-7H,1-2H3;2-5H2,1H3;3H2,1-2H3. The molecular weight excluding hydrogens is 248 g/mol. The molecular formula is C17H30N2O. The second-order valence-electron chi connectivity index (χ2n) is 5.32. The van der Waals surface area contributed by atoms with Gasteiger partial charge in [0.1, 0.15) is 6.29 Å². The van der Waals surface area contributed by atoms with Crippen molar-refractivity contribution in [1.29, 1.82) is 0 Å². The maximum absolute atomic E-state index is 10.3. The lowest BCUT2D eigenvalue weighted by Gasteiger charge is -2.11. The zero-order chi connectivity index (χ0) is 15.4. The van der Waals surface area contributed by atoms with E-state index in [4.69, 9.17) is 0 Å². The molecule has 3 nitrogen and oxygen atoms in total. The van der Waals surface area contributed by atoms with E-state index in [1.807, 2.05) is 43.3 Å². The zero-order valence-corrected chi connectivity index (χ0v) is 13.7. The van der Waals surface area contributed by atoms with Gasteiger partial charge in [-0.25, -0.2) is 0 Å². The van der Waals surface area contributed by atoms with Crippen LogP contribution >= 0.6 is 0 Å². The first kappa shape index (κ1) is 18.7. The first-order chi connectivity index (χ1) is 9.54. The molecule has 1 aromatic carbocycles. The minimum absolute atomic E-state index is 0.718. The predicted molar refractivity (Wildman–Crippen MR) is 88.9 cm³/mol. The van der Waals surface area contributed by atoms with Gasteiger partial charge in [0, 0.05) is 25.3 Å². The van der Waals surface area contributed by atoms with Crippen molar-refractivity contribution in [3.05, 3.63) is 29.8 Å². The molecule has 1 aliphatic heterocycles. The molecule has 0 atom stereocenters. The second-order valence-corrected chi connectivity index (χ2v) is 5.32. The van der Waals surface area contributed by atoms with E-state index < -0.39 is 0 Å². The third kappa shape index (κ3) is 8.70. The van der Waals surface area contributed by atoms with Crippen LogP contribution in [0, 0.1) is 0 Å². The van der Waals surface area contributed by atoms with Crippen LogP contribution in [0.15, 0.2) is 24.3 Å². The van der Waals surface area contributed by atoms with Gasteiger partial charge in [0.25, 0.3) is 0 Å². The molecule has 0 spiro atoms. The monoisotopic (exact) mass is 278 g/mol. The predicted octanol–water partition coefficient (Wildman–Crippen LogP) is 3.69.